The Morgan fingerprint density at radius 3 is 2.73 bits per heavy atom. The normalized spacial score (nSPS) is 15.3. The molecule has 6 nitrogen and oxygen atoms in total. The highest BCUT2D eigenvalue weighted by molar-refractivity contribution is 7.17. The van der Waals surface area contributed by atoms with Crippen LogP contribution in [0.5, 0.6) is 5.75 Å². The summed E-state index contributed by atoms with van der Waals surface area (Å²) in [6, 6.07) is 18.8. The number of nitrogens with zero attached hydrogens (tertiary/aromatic N) is 1. The Labute approximate surface area is 242 Å². The number of Topliss-reactive ketones (excluding diaryl/α,β-unsaturated/α-hetero) is 1. The summed E-state index contributed by atoms with van der Waals surface area (Å²) >= 11 is 1.53. The number of fused-ring (bicyclic) bond motifs is 2. The third-order valence-corrected chi connectivity index (χ3v) is 9.20. The lowest BCUT2D eigenvalue weighted by Gasteiger charge is -2.23. The Bertz CT molecular complexity index is 1930. The molecule has 4 heterocycles. The standard InChI is InChI=1S/C34H32N4O2S/c1-20-15-22(17-24(16-20)40-23-7-4-3-5-8-23)28-11-12-30-27(19-35-28)34(38-37-30)31-18-26-25(9-6-10-29(26)36-31)33-14-13-32(41-33)21(2)39/h6,9-19,23,35-37H,3-5,7-8H2,1-2H3. The van der Waals surface area contributed by atoms with Gasteiger partial charge >= 0.3 is 0 Å². The van der Waals surface area contributed by atoms with E-state index in [4.69, 9.17) is 4.74 Å². The van der Waals surface area contributed by atoms with Crippen molar-refractivity contribution in [1.82, 2.24) is 20.5 Å². The molecule has 2 aromatic carbocycles. The van der Waals surface area contributed by atoms with Crippen molar-refractivity contribution < 1.29 is 9.53 Å². The van der Waals surface area contributed by atoms with E-state index in [1.807, 2.05) is 24.4 Å². The molecular formula is C34H32N4O2S. The van der Waals surface area contributed by atoms with Gasteiger partial charge in [-0.1, -0.05) is 18.6 Å². The summed E-state index contributed by atoms with van der Waals surface area (Å²) in [4.78, 5) is 17.3. The van der Waals surface area contributed by atoms with Crippen molar-refractivity contribution >= 4 is 46.0 Å². The van der Waals surface area contributed by atoms with E-state index in [0.29, 0.717) is 6.10 Å². The monoisotopic (exact) mass is 560 g/mol. The Morgan fingerprint density at radius 1 is 1.02 bits per heavy atom. The zero-order valence-electron chi connectivity index (χ0n) is 23.2. The maximum atomic E-state index is 11.9. The number of thiophene rings is 1. The highest BCUT2D eigenvalue weighted by Crippen LogP contribution is 2.35. The summed E-state index contributed by atoms with van der Waals surface area (Å²) < 4.78 is 6.39. The summed E-state index contributed by atoms with van der Waals surface area (Å²) in [6.07, 6.45) is 12.6. The predicted molar refractivity (Wildman–Crippen MR) is 167 cm³/mol. The van der Waals surface area contributed by atoms with Crippen molar-refractivity contribution in [2.75, 3.05) is 0 Å². The van der Waals surface area contributed by atoms with Crippen LogP contribution in [-0.2, 0) is 0 Å². The van der Waals surface area contributed by atoms with E-state index in [-0.39, 0.29) is 5.78 Å². The molecule has 1 aliphatic heterocycles. The first kappa shape index (κ1) is 25.6. The van der Waals surface area contributed by atoms with Crippen LogP contribution < -0.4 is 20.6 Å². The number of allylic oxidation sites excluding steroid dienone is 1. The quantitative estimate of drug-likeness (QED) is 0.203. The second-order valence-electron chi connectivity index (χ2n) is 11.0. The van der Waals surface area contributed by atoms with Gasteiger partial charge in [0.15, 0.2) is 5.78 Å². The summed E-state index contributed by atoms with van der Waals surface area (Å²) in [5.41, 5.74) is 7.20. The van der Waals surface area contributed by atoms with Crippen LogP contribution in [0.2, 0.25) is 0 Å². The molecule has 5 aromatic rings. The molecular weight excluding hydrogens is 528 g/mol. The van der Waals surface area contributed by atoms with Gasteiger partial charge in [0.1, 0.15) is 11.4 Å². The zero-order valence-corrected chi connectivity index (χ0v) is 24.0. The number of aryl methyl sites for hydroxylation is 1. The highest BCUT2D eigenvalue weighted by atomic mass is 32.1. The molecule has 3 N–H and O–H groups in total. The summed E-state index contributed by atoms with van der Waals surface area (Å²) in [7, 11) is 0. The molecule has 0 radical (unpaired) electrons. The first-order valence-electron chi connectivity index (χ1n) is 14.3. The molecule has 1 fully saturated rings. The molecule has 1 saturated carbocycles. The number of hydrogen-bond acceptors (Lipinski definition) is 5. The fraction of sp³-hybridized carbons (Fsp3) is 0.235. The van der Waals surface area contributed by atoms with Crippen LogP contribution in [0.25, 0.3) is 50.7 Å². The van der Waals surface area contributed by atoms with Crippen molar-refractivity contribution in [2.24, 2.45) is 0 Å². The van der Waals surface area contributed by atoms with E-state index in [1.54, 1.807) is 6.92 Å². The Hall–Kier alpha value is -4.36. The molecule has 206 valence electrons. The summed E-state index contributed by atoms with van der Waals surface area (Å²) in [5.74, 6) is 1.03. The zero-order chi connectivity index (χ0) is 27.9. The number of rotatable bonds is 6. The molecule has 41 heavy (non-hydrogen) atoms. The summed E-state index contributed by atoms with van der Waals surface area (Å²) in [6.45, 7) is 3.73. The molecule has 1 aliphatic carbocycles. The third kappa shape index (κ3) is 5.02. The fourth-order valence-electron chi connectivity index (χ4n) is 5.90. The SMILES string of the molecule is CC(=O)c1ccc(-c2cccc3[nH]c(-c4n[nH]c5c4=CNC(c4cc(C)cc(OC6CCCCC6)c4)=CC=5)cc23)s1. The van der Waals surface area contributed by atoms with Gasteiger partial charge in [0, 0.05) is 44.0 Å². The number of hydrogen-bond donors (Lipinski definition) is 3. The number of carbonyl (C=O) groups excluding carboxylic acids is 1. The van der Waals surface area contributed by atoms with E-state index in [0.717, 1.165) is 78.0 Å². The van der Waals surface area contributed by atoms with Gasteiger partial charge in [0.25, 0.3) is 0 Å². The number of carbonyl (C=O) groups is 1. The Morgan fingerprint density at radius 2 is 1.90 bits per heavy atom. The highest BCUT2D eigenvalue weighted by Gasteiger charge is 2.17. The smallest absolute Gasteiger partial charge is 0.169 e. The fourth-order valence-corrected chi connectivity index (χ4v) is 6.84. The van der Waals surface area contributed by atoms with Gasteiger partial charge < -0.3 is 15.0 Å². The Kier molecular flexibility index (Phi) is 6.59. The first-order valence-corrected chi connectivity index (χ1v) is 15.1. The van der Waals surface area contributed by atoms with Gasteiger partial charge in [-0.15, -0.1) is 11.3 Å². The maximum absolute atomic E-state index is 11.9. The molecule has 0 unspecified atom stereocenters. The number of nitrogens with one attached hydrogen (secondary N) is 3. The first-order chi connectivity index (χ1) is 20.0. The van der Waals surface area contributed by atoms with Crippen LogP contribution in [0.3, 0.4) is 0 Å². The van der Waals surface area contributed by atoms with Crippen LogP contribution in [0.4, 0.5) is 0 Å². The predicted octanol–water partition coefficient (Wildman–Crippen LogP) is 6.67. The molecule has 0 amide bonds. The van der Waals surface area contributed by atoms with Crippen LogP contribution in [0, 0.1) is 6.92 Å². The lowest BCUT2D eigenvalue weighted by molar-refractivity contribution is 0.102. The second-order valence-corrected chi connectivity index (χ2v) is 12.1. The van der Waals surface area contributed by atoms with Gasteiger partial charge in [-0.2, -0.15) is 5.10 Å². The average molecular weight is 561 g/mol. The van der Waals surface area contributed by atoms with Crippen molar-refractivity contribution in [2.45, 2.75) is 52.1 Å². The van der Waals surface area contributed by atoms with Crippen LogP contribution in [-0.4, -0.2) is 27.1 Å². The lowest BCUT2D eigenvalue weighted by Crippen LogP contribution is -2.25. The number of benzene rings is 2. The van der Waals surface area contributed by atoms with E-state index in [2.05, 4.69) is 76.0 Å². The van der Waals surface area contributed by atoms with Crippen molar-refractivity contribution in [3.05, 3.63) is 87.2 Å². The number of aromatic nitrogens is 3. The largest absolute Gasteiger partial charge is 0.490 e. The van der Waals surface area contributed by atoms with Crippen LogP contribution in [0.1, 0.15) is 59.8 Å². The minimum Gasteiger partial charge on any atom is -0.490 e. The molecule has 0 saturated heterocycles. The number of ketones is 1. The molecule has 3 aromatic heterocycles. The summed E-state index contributed by atoms with van der Waals surface area (Å²) in [5, 5.41) is 14.5. The van der Waals surface area contributed by atoms with Gasteiger partial charge in [-0.3, -0.25) is 9.89 Å². The van der Waals surface area contributed by atoms with E-state index in [9.17, 15) is 4.79 Å². The molecule has 0 bridgehead atoms. The lowest BCUT2D eigenvalue weighted by atomic mass is 9.97. The van der Waals surface area contributed by atoms with E-state index in [1.165, 1.54) is 36.2 Å². The number of ether oxygens (including phenoxy) is 1. The van der Waals surface area contributed by atoms with Crippen molar-refractivity contribution in [1.29, 1.82) is 0 Å². The molecule has 7 rings (SSSR count). The average Bonchev–Trinajstić information content (AvgIpc) is 3.69. The second kappa shape index (κ2) is 10.6. The maximum Gasteiger partial charge on any atom is 0.169 e. The van der Waals surface area contributed by atoms with Gasteiger partial charge in [-0.25, -0.2) is 0 Å². The van der Waals surface area contributed by atoms with Gasteiger partial charge in [0.05, 0.1) is 22.0 Å². The Balaban J connectivity index is 1.20. The van der Waals surface area contributed by atoms with E-state index >= 15 is 0 Å². The number of aromatic amines is 2. The van der Waals surface area contributed by atoms with E-state index < -0.39 is 0 Å². The molecule has 2 aliphatic rings. The minimum atomic E-state index is 0.0910. The molecule has 0 atom stereocenters. The minimum absolute atomic E-state index is 0.0910. The third-order valence-electron chi connectivity index (χ3n) is 7.98. The van der Waals surface area contributed by atoms with Gasteiger partial charge in [0.2, 0.25) is 0 Å². The van der Waals surface area contributed by atoms with Gasteiger partial charge in [-0.05, 0) is 99.7 Å². The molecule has 7 heteroatoms. The molecule has 0 spiro atoms. The topological polar surface area (TPSA) is 82.8 Å². The number of H-pyrrole nitrogens is 2. The van der Waals surface area contributed by atoms with Crippen LogP contribution in [0.15, 0.2) is 60.7 Å². The van der Waals surface area contributed by atoms with Crippen LogP contribution >= 0.6 is 11.3 Å². The van der Waals surface area contributed by atoms with Crippen molar-refractivity contribution in [3.8, 4) is 27.6 Å². The van der Waals surface area contributed by atoms with Crippen molar-refractivity contribution in [3.63, 3.8) is 0 Å².